The van der Waals surface area contributed by atoms with Gasteiger partial charge >= 0.3 is 0 Å². The van der Waals surface area contributed by atoms with Crippen LogP contribution in [0.5, 0.6) is 0 Å². The number of allylic oxidation sites excluding steroid dienone is 2. The molecule has 0 aliphatic heterocycles. The third kappa shape index (κ3) is 5.71. The summed E-state index contributed by atoms with van der Waals surface area (Å²) in [4.78, 5) is 4.59. The Morgan fingerprint density at radius 3 is 2.30 bits per heavy atom. The van der Waals surface area contributed by atoms with E-state index in [9.17, 15) is 0 Å². The zero-order chi connectivity index (χ0) is 16.9. The highest BCUT2D eigenvalue weighted by molar-refractivity contribution is 5.81. The molecule has 0 spiro atoms. The standard InChI is InChI=1S/C20H35N3/c1-15(23-17-11-6-5-7-12-17)22-14-18(20(2,3)4)19(21)13-16-9-8-10-16/h14,16-17,23H,1,5-13,21H2,2-4H3/b19-18+,22-14?. The molecule has 23 heavy (non-hydrogen) atoms. The van der Waals surface area contributed by atoms with Crippen LogP contribution in [0.15, 0.2) is 28.7 Å². The molecular formula is C20H35N3. The summed E-state index contributed by atoms with van der Waals surface area (Å²) in [7, 11) is 0. The molecule has 2 aliphatic rings. The third-order valence-corrected chi connectivity index (χ3v) is 5.21. The Morgan fingerprint density at radius 2 is 1.78 bits per heavy atom. The van der Waals surface area contributed by atoms with Crippen LogP contribution >= 0.6 is 0 Å². The van der Waals surface area contributed by atoms with Gasteiger partial charge < -0.3 is 11.1 Å². The summed E-state index contributed by atoms with van der Waals surface area (Å²) in [5.74, 6) is 1.56. The van der Waals surface area contributed by atoms with Gasteiger partial charge in [-0.2, -0.15) is 0 Å². The van der Waals surface area contributed by atoms with Crippen LogP contribution in [0.25, 0.3) is 0 Å². The van der Waals surface area contributed by atoms with Crippen LogP contribution in [-0.4, -0.2) is 12.3 Å². The fourth-order valence-electron chi connectivity index (χ4n) is 3.54. The second kappa shape index (κ2) is 8.03. The summed E-state index contributed by atoms with van der Waals surface area (Å²) >= 11 is 0. The van der Waals surface area contributed by atoms with Gasteiger partial charge in [0.15, 0.2) is 0 Å². The first kappa shape index (κ1) is 18.1. The molecule has 2 saturated carbocycles. The van der Waals surface area contributed by atoms with Crippen LogP contribution in [0.2, 0.25) is 0 Å². The van der Waals surface area contributed by atoms with Crippen molar-refractivity contribution in [3.8, 4) is 0 Å². The van der Waals surface area contributed by atoms with Gasteiger partial charge in [0.05, 0.1) is 0 Å². The summed E-state index contributed by atoms with van der Waals surface area (Å²) in [6, 6.07) is 0.544. The van der Waals surface area contributed by atoms with Gasteiger partial charge in [0.1, 0.15) is 5.82 Å². The lowest BCUT2D eigenvalue weighted by Crippen LogP contribution is -2.29. The molecular weight excluding hydrogens is 282 g/mol. The van der Waals surface area contributed by atoms with E-state index in [-0.39, 0.29) is 5.41 Å². The van der Waals surface area contributed by atoms with Crippen molar-refractivity contribution in [3.05, 3.63) is 23.7 Å². The van der Waals surface area contributed by atoms with Crippen LogP contribution in [-0.2, 0) is 0 Å². The molecule has 0 aromatic heterocycles. The molecule has 3 heteroatoms. The van der Waals surface area contributed by atoms with Gasteiger partial charge in [0.25, 0.3) is 0 Å². The largest absolute Gasteiger partial charge is 0.402 e. The first-order valence-corrected chi connectivity index (χ1v) is 9.35. The molecule has 0 atom stereocenters. The third-order valence-electron chi connectivity index (χ3n) is 5.21. The van der Waals surface area contributed by atoms with Crippen LogP contribution in [0.1, 0.15) is 78.6 Å². The molecule has 3 nitrogen and oxygen atoms in total. The highest BCUT2D eigenvalue weighted by Gasteiger charge is 2.23. The monoisotopic (exact) mass is 317 g/mol. The highest BCUT2D eigenvalue weighted by atomic mass is 15.0. The van der Waals surface area contributed by atoms with E-state index in [1.165, 1.54) is 51.4 Å². The number of rotatable bonds is 6. The summed E-state index contributed by atoms with van der Waals surface area (Å²) in [5, 5.41) is 3.47. The van der Waals surface area contributed by atoms with E-state index >= 15 is 0 Å². The second-order valence-corrected chi connectivity index (χ2v) is 8.37. The molecule has 0 saturated heterocycles. The van der Waals surface area contributed by atoms with Crippen molar-refractivity contribution in [3.63, 3.8) is 0 Å². The number of aliphatic imine (C=N–C) groups is 1. The first-order valence-electron chi connectivity index (χ1n) is 9.35. The summed E-state index contributed by atoms with van der Waals surface area (Å²) < 4.78 is 0. The Bertz CT molecular complexity index is 458. The van der Waals surface area contributed by atoms with Crippen molar-refractivity contribution in [2.24, 2.45) is 22.1 Å². The van der Waals surface area contributed by atoms with E-state index in [1.807, 2.05) is 6.21 Å². The number of nitrogens with two attached hydrogens (primary N) is 1. The first-order chi connectivity index (χ1) is 10.9. The van der Waals surface area contributed by atoms with Crippen molar-refractivity contribution in [2.75, 3.05) is 0 Å². The van der Waals surface area contributed by atoms with Gasteiger partial charge in [-0.25, -0.2) is 4.99 Å². The quantitative estimate of drug-likeness (QED) is 0.685. The molecule has 0 unspecified atom stereocenters. The Labute approximate surface area is 142 Å². The van der Waals surface area contributed by atoms with Crippen LogP contribution in [0, 0.1) is 11.3 Å². The van der Waals surface area contributed by atoms with Crippen molar-refractivity contribution in [1.29, 1.82) is 0 Å². The zero-order valence-corrected chi connectivity index (χ0v) is 15.3. The molecule has 0 bridgehead atoms. The Balaban J connectivity index is 1.98. The van der Waals surface area contributed by atoms with E-state index in [0.29, 0.717) is 6.04 Å². The second-order valence-electron chi connectivity index (χ2n) is 8.37. The molecule has 0 heterocycles. The van der Waals surface area contributed by atoms with Gasteiger partial charge in [0, 0.05) is 18.0 Å². The average molecular weight is 318 g/mol. The van der Waals surface area contributed by atoms with E-state index in [0.717, 1.165) is 29.4 Å². The molecule has 2 fully saturated rings. The topological polar surface area (TPSA) is 50.4 Å². The van der Waals surface area contributed by atoms with E-state index < -0.39 is 0 Å². The lowest BCUT2D eigenvalue weighted by Gasteiger charge is -2.29. The smallest absolute Gasteiger partial charge is 0.118 e. The SMILES string of the molecule is C=C(N=C/C(=C(\N)CC1CCC1)C(C)(C)C)NC1CCCCC1. The minimum absolute atomic E-state index is 0.0163. The van der Waals surface area contributed by atoms with Gasteiger partial charge in [-0.1, -0.05) is 65.9 Å². The number of hydrogen-bond donors (Lipinski definition) is 2. The maximum atomic E-state index is 6.42. The minimum atomic E-state index is 0.0163. The predicted octanol–water partition coefficient (Wildman–Crippen LogP) is 4.90. The Kier molecular flexibility index (Phi) is 6.32. The lowest BCUT2D eigenvalue weighted by molar-refractivity contribution is 0.311. The molecule has 0 aromatic rings. The number of hydrogen-bond acceptors (Lipinski definition) is 3. The summed E-state index contributed by atoms with van der Waals surface area (Å²) in [5.41, 5.74) is 8.61. The molecule has 0 aromatic carbocycles. The fraction of sp³-hybridized carbons (Fsp3) is 0.750. The van der Waals surface area contributed by atoms with E-state index in [2.05, 4.69) is 37.7 Å². The fourth-order valence-corrected chi connectivity index (χ4v) is 3.54. The molecule has 2 rings (SSSR count). The van der Waals surface area contributed by atoms with Gasteiger partial charge in [-0.3, -0.25) is 0 Å². The van der Waals surface area contributed by atoms with Gasteiger partial charge in [-0.05, 0) is 36.2 Å². The lowest BCUT2D eigenvalue weighted by atomic mass is 9.78. The number of nitrogens with zero attached hydrogens (tertiary/aromatic N) is 1. The Morgan fingerprint density at radius 1 is 1.13 bits per heavy atom. The average Bonchev–Trinajstić information content (AvgIpc) is 2.42. The maximum Gasteiger partial charge on any atom is 0.118 e. The zero-order valence-electron chi connectivity index (χ0n) is 15.3. The van der Waals surface area contributed by atoms with Crippen molar-refractivity contribution >= 4 is 6.21 Å². The van der Waals surface area contributed by atoms with Crippen molar-refractivity contribution in [2.45, 2.75) is 84.6 Å². The van der Waals surface area contributed by atoms with Gasteiger partial charge in [-0.15, -0.1) is 0 Å². The van der Waals surface area contributed by atoms with Crippen LogP contribution in [0.4, 0.5) is 0 Å². The van der Waals surface area contributed by atoms with Crippen LogP contribution < -0.4 is 11.1 Å². The van der Waals surface area contributed by atoms with E-state index in [1.54, 1.807) is 0 Å². The summed E-state index contributed by atoms with van der Waals surface area (Å²) in [6.07, 6.45) is 13.4. The van der Waals surface area contributed by atoms with Gasteiger partial charge in [0.2, 0.25) is 0 Å². The number of nitrogens with one attached hydrogen (secondary N) is 1. The van der Waals surface area contributed by atoms with E-state index in [4.69, 9.17) is 5.73 Å². The van der Waals surface area contributed by atoms with Crippen LogP contribution in [0.3, 0.4) is 0 Å². The molecule has 2 aliphatic carbocycles. The van der Waals surface area contributed by atoms with Crippen molar-refractivity contribution < 1.29 is 0 Å². The maximum absolute atomic E-state index is 6.42. The summed E-state index contributed by atoms with van der Waals surface area (Å²) in [6.45, 7) is 10.7. The molecule has 3 N–H and O–H groups in total. The Hall–Kier alpha value is -1.25. The predicted molar refractivity (Wildman–Crippen MR) is 100 cm³/mol. The molecule has 130 valence electrons. The molecule has 0 amide bonds. The van der Waals surface area contributed by atoms with Crippen molar-refractivity contribution in [1.82, 2.24) is 5.32 Å². The highest BCUT2D eigenvalue weighted by Crippen LogP contribution is 2.34. The normalized spacial score (nSPS) is 21.9. The minimum Gasteiger partial charge on any atom is -0.402 e. The molecule has 0 radical (unpaired) electrons.